The zero-order valence-corrected chi connectivity index (χ0v) is 16.4. The highest BCUT2D eigenvalue weighted by Gasteiger charge is 2.24. The average molecular weight is 360 g/mol. The highest BCUT2D eigenvalue weighted by molar-refractivity contribution is 5.89. The van der Waals surface area contributed by atoms with Gasteiger partial charge in [-0.15, -0.1) is 0 Å². The molecule has 5 nitrogen and oxygen atoms in total. The van der Waals surface area contributed by atoms with Gasteiger partial charge in [0, 0.05) is 31.2 Å². The van der Waals surface area contributed by atoms with E-state index in [1.54, 1.807) is 0 Å². The van der Waals surface area contributed by atoms with Gasteiger partial charge in [0.25, 0.3) is 0 Å². The standard InChI is InChI=1S/C21H33N3O2/c1-4-5-7-17-9-11-19(12-10-17)23-21(26)24-13-6-8-18(15-24)14-22-20(25)16(2)3/h9-12,16,18H,4-8,13-15H2,1-3H3,(H,22,25)(H,23,26)/t18-/m1/s1. The van der Waals surface area contributed by atoms with E-state index in [1.165, 1.54) is 18.4 Å². The maximum Gasteiger partial charge on any atom is 0.321 e. The fraction of sp³-hybridized carbons (Fsp3) is 0.619. The molecule has 0 bridgehead atoms. The van der Waals surface area contributed by atoms with E-state index < -0.39 is 0 Å². The van der Waals surface area contributed by atoms with Gasteiger partial charge in [0.1, 0.15) is 0 Å². The van der Waals surface area contributed by atoms with Gasteiger partial charge < -0.3 is 15.5 Å². The number of nitrogens with one attached hydrogen (secondary N) is 2. The number of carbonyl (C=O) groups excluding carboxylic acids is 2. The van der Waals surface area contributed by atoms with Crippen LogP contribution in [0.1, 0.15) is 52.0 Å². The largest absolute Gasteiger partial charge is 0.356 e. The summed E-state index contributed by atoms with van der Waals surface area (Å²) in [6.07, 6.45) is 5.49. The summed E-state index contributed by atoms with van der Waals surface area (Å²) in [6.45, 7) is 8.09. The van der Waals surface area contributed by atoms with E-state index in [4.69, 9.17) is 0 Å². The Bertz CT molecular complexity index is 583. The third-order valence-electron chi connectivity index (χ3n) is 4.92. The molecule has 1 atom stereocenters. The minimum Gasteiger partial charge on any atom is -0.356 e. The number of likely N-dealkylation sites (tertiary alicyclic amines) is 1. The van der Waals surface area contributed by atoms with E-state index in [2.05, 4.69) is 29.7 Å². The van der Waals surface area contributed by atoms with Crippen LogP contribution in [0.4, 0.5) is 10.5 Å². The van der Waals surface area contributed by atoms with Crippen LogP contribution in [0.15, 0.2) is 24.3 Å². The first-order valence-corrected chi connectivity index (χ1v) is 9.92. The first kappa shape index (κ1) is 20.3. The van der Waals surface area contributed by atoms with Gasteiger partial charge >= 0.3 is 6.03 Å². The first-order valence-electron chi connectivity index (χ1n) is 9.92. The molecular formula is C21H33N3O2. The van der Waals surface area contributed by atoms with Crippen LogP contribution < -0.4 is 10.6 Å². The van der Waals surface area contributed by atoms with E-state index in [-0.39, 0.29) is 17.9 Å². The van der Waals surface area contributed by atoms with E-state index >= 15 is 0 Å². The molecule has 3 amide bonds. The van der Waals surface area contributed by atoms with Crippen LogP contribution in [0.25, 0.3) is 0 Å². The Morgan fingerprint density at radius 2 is 1.96 bits per heavy atom. The number of hydrogen-bond acceptors (Lipinski definition) is 2. The molecule has 2 rings (SSSR count). The minimum absolute atomic E-state index is 0.00158. The lowest BCUT2D eigenvalue weighted by atomic mass is 9.98. The Morgan fingerprint density at radius 1 is 1.23 bits per heavy atom. The van der Waals surface area contributed by atoms with Crippen molar-refractivity contribution in [1.29, 1.82) is 0 Å². The number of aryl methyl sites for hydroxylation is 1. The summed E-state index contributed by atoms with van der Waals surface area (Å²) in [5.41, 5.74) is 2.15. The molecule has 2 N–H and O–H groups in total. The molecule has 0 spiro atoms. The summed E-state index contributed by atoms with van der Waals surface area (Å²) in [5.74, 6) is 0.404. The molecule has 1 fully saturated rings. The minimum atomic E-state index is -0.0498. The Kier molecular flexibility index (Phi) is 7.95. The summed E-state index contributed by atoms with van der Waals surface area (Å²) in [7, 11) is 0. The Hall–Kier alpha value is -2.04. The Labute approximate surface area is 157 Å². The zero-order chi connectivity index (χ0) is 18.9. The Morgan fingerprint density at radius 3 is 2.62 bits per heavy atom. The monoisotopic (exact) mass is 359 g/mol. The summed E-state index contributed by atoms with van der Waals surface area (Å²) in [6, 6.07) is 8.09. The van der Waals surface area contributed by atoms with E-state index in [9.17, 15) is 9.59 Å². The topological polar surface area (TPSA) is 61.4 Å². The van der Waals surface area contributed by atoms with Gasteiger partial charge in [-0.3, -0.25) is 4.79 Å². The smallest absolute Gasteiger partial charge is 0.321 e. The van der Waals surface area contributed by atoms with Gasteiger partial charge in [-0.25, -0.2) is 4.79 Å². The number of amides is 3. The number of unbranched alkanes of at least 4 members (excludes halogenated alkanes) is 1. The number of nitrogens with zero attached hydrogens (tertiary/aromatic N) is 1. The quantitative estimate of drug-likeness (QED) is 0.772. The number of hydrogen-bond donors (Lipinski definition) is 2. The van der Waals surface area contributed by atoms with E-state index in [0.29, 0.717) is 19.0 Å². The van der Waals surface area contributed by atoms with Crippen LogP contribution in [-0.4, -0.2) is 36.5 Å². The van der Waals surface area contributed by atoms with Gasteiger partial charge in [-0.1, -0.05) is 39.3 Å². The molecule has 1 aliphatic heterocycles. The SMILES string of the molecule is CCCCc1ccc(NC(=O)N2CCC[C@H](CNC(=O)C(C)C)C2)cc1. The molecule has 0 unspecified atom stereocenters. The second-order valence-corrected chi connectivity index (χ2v) is 7.58. The number of anilines is 1. The van der Waals surface area contributed by atoms with Crippen molar-refractivity contribution in [2.24, 2.45) is 11.8 Å². The summed E-state index contributed by atoms with van der Waals surface area (Å²) in [5, 5.41) is 5.98. The molecule has 1 aliphatic rings. The first-order chi connectivity index (χ1) is 12.5. The van der Waals surface area contributed by atoms with Crippen molar-refractivity contribution in [2.75, 3.05) is 25.0 Å². The van der Waals surface area contributed by atoms with Gasteiger partial charge in [-0.05, 0) is 49.3 Å². The second kappa shape index (κ2) is 10.2. The van der Waals surface area contributed by atoms with Crippen LogP contribution >= 0.6 is 0 Å². The van der Waals surface area contributed by atoms with Gasteiger partial charge in [0.2, 0.25) is 5.91 Å². The molecule has 0 aliphatic carbocycles. The normalized spacial score (nSPS) is 17.2. The van der Waals surface area contributed by atoms with Gasteiger partial charge in [-0.2, -0.15) is 0 Å². The molecule has 144 valence electrons. The fourth-order valence-electron chi connectivity index (χ4n) is 3.20. The van der Waals surface area contributed by atoms with E-state index in [0.717, 1.165) is 31.5 Å². The number of benzene rings is 1. The predicted octanol–water partition coefficient (Wildman–Crippen LogP) is 4.05. The van der Waals surface area contributed by atoms with Crippen LogP contribution in [0, 0.1) is 11.8 Å². The highest BCUT2D eigenvalue weighted by Crippen LogP contribution is 2.18. The summed E-state index contributed by atoms with van der Waals surface area (Å²) >= 11 is 0. The average Bonchev–Trinajstić information content (AvgIpc) is 2.65. The maximum atomic E-state index is 12.5. The fourth-order valence-corrected chi connectivity index (χ4v) is 3.20. The molecule has 1 heterocycles. The third kappa shape index (κ3) is 6.36. The van der Waals surface area contributed by atoms with Crippen molar-refractivity contribution >= 4 is 17.6 Å². The number of carbonyl (C=O) groups is 2. The van der Waals surface area contributed by atoms with Crippen molar-refractivity contribution in [1.82, 2.24) is 10.2 Å². The molecule has 26 heavy (non-hydrogen) atoms. The molecule has 1 aromatic rings. The van der Waals surface area contributed by atoms with Crippen LogP contribution in [0.3, 0.4) is 0 Å². The molecule has 0 radical (unpaired) electrons. The van der Waals surface area contributed by atoms with Crippen LogP contribution in [0.5, 0.6) is 0 Å². The molecule has 0 aromatic heterocycles. The van der Waals surface area contributed by atoms with Crippen LogP contribution in [0.2, 0.25) is 0 Å². The molecule has 1 saturated heterocycles. The second-order valence-electron chi connectivity index (χ2n) is 7.58. The molecular weight excluding hydrogens is 326 g/mol. The number of piperidine rings is 1. The number of rotatable bonds is 7. The van der Waals surface area contributed by atoms with Crippen LogP contribution in [-0.2, 0) is 11.2 Å². The lowest BCUT2D eigenvalue weighted by Crippen LogP contribution is -2.45. The lowest BCUT2D eigenvalue weighted by Gasteiger charge is -2.33. The van der Waals surface area contributed by atoms with Crippen molar-refractivity contribution in [3.05, 3.63) is 29.8 Å². The highest BCUT2D eigenvalue weighted by atomic mass is 16.2. The summed E-state index contributed by atoms with van der Waals surface area (Å²) in [4.78, 5) is 26.1. The van der Waals surface area contributed by atoms with Gasteiger partial charge in [0.05, 0.1) is 0 Å². The van der Waals surface area contributed by atoms with Crippen molar-refractivity contribution < 1.29 is 9.59 Å². The van der Waals surface area contributed by atoms with Crippen molar-refractivity contribution in [3.63, 3.8) is 0 Å². The lowest BCUT2D eigenvalue weighted by molar-refractivity contribution is -0.124. The van der Waals surface area contributed by atoms with E-state index in [1.807, 2.05) is 30.9 Å². The molecule has 0 saturated carbocycles. The third-order valence-corrected chi connectivity index (χ3v) is 4.92. The maximum absolute atomic E-state index is 12.5. The van der Waals surface area contributed by atoms with Gasteiger partial charge in [0.15, 0.2) is 0 Å². The Balaban J connectivity index is 1.81. The molecule has 1 aromatic carbocycles. The molecule has 5 heteroatoms. The van der Waals surface area contributed by atoms with Crippen molar-refractivity contribution in [3.8, 4) is 0 Å². The number of urea groups is 1. The van der Waals surface area contributed by atoms with Crippen molar-refractivity contribution in [2.45, 2.75) is 52.9 Å². The zero-order valence-electron chi connectivity index (χ0n) is 16.4. The predicted molar refractivity (Wildman–Crippen MR) is 106 cm³/mol. The summed E-state index contributed by atoms with van der Waals surface area (Å²) < 4.78 is 0.